The van der Waals surface area contributed by atoms with Crippen LogP contribution in [0.4, 0.5) is 0 Å². The van der Waals surface area contributed by atoms with Crippen molar-refractivity contribution in [1.29, 1.82) is 0 Å². The minimum Gasteiger partial charge on any atom is -0.463 e. The van der Waals surface area contributed by atoms with Crippen LogP contribution in [0.5, 0.6) is 0 Å². The Labute approximate surface area is 842 Å². The fourth-order valence-electron chi connectivity index (χ4n) is 19.8. The minimum absolute atomic E-state index is 0.00775. The van der Waals surface area contributed by atoms with Crippen molar-refractivity contribution in [3.8, 4) is 0 Å². The monoisotopic (exact) mass is 2010 g/mol. The zero-order valence-electron chi connectivity index (χ0n) is 88.6. The van der Waals surface area contributed by atoms with Crippen molar-refractivity contribution in [2.45, 2.75) is 617 Å². The van der Waals surface area contributed by atoms with Crippen LogP contribution in [-0.2, 0) is 152 Å². The number of hydrogen-bond acceptors (Lipinski definition) is 33. The smallest absolute Gasteiger partial charge is 0.306 e. The molecule has 0 radical (unpaired) electrons. The molecule has 0 aromatic rings. The molecule has 26 atom stereocenters. The van der Waals surface area contributed by atoms with Crippen LogP contribution < -0.4 is 0 Å². The highest BCUT2D eigenvalue weighted by Crippen LogP contribution is 2.43. The first-order valence-electron chi connectivity index (χ1n) is 55.1. The molecule has 1 N–H and O–H groups in total. The van der Waals surface area contributed by atoms with Crippen LogP contribution in [0.15, 0.2) is 0 Å². The summed E-state index contributed by atoms with van der Waals surface area (Å²) in [5, 5.41) is 12.5. The van der Waals surface area contributed by atoms with Crippen LogP contribution in [-0.4, -0.2) is 237 Å². The molecule has 0 unspecified atom stereocenters. The van der Waals surface area contributed by atoms with Crippen LogP contribution in [0.1, 0.15) is 457 Å². The number of carbonyl (C=O) groups is 11. The van der Waals surface area contributed by atoms with Crippen LogP contribution in [0.2, 0.25) is 0 Å². The Morgan fingerprint density at radius 1 is 0.284 bits per heavy atom. The molecule has 6 fully saturated rings. The summed E-state index contributed by atoms with van der Waals surface area (Å²) in [6.07, 6.45) is 6.77. The fraction of sp³-hybridized carbons (Fsp3) is 0.898. The van der Waals surface area contributed by atoms with Crippen molar-refractivity contribution in [1.82, 2.24) is 0 Å². The maximum Gasteiger partial charge on any atom is 0.306 e. The van der Waals surface area contributed by atoms with Crippen molar-refractivity contribution in [3.05, 3.63) is 0 Å². The van der Waals surface area contributed by atoms with Gasteiger partial charge in [0.05, 0.1) is 30.5 Å². The average Bonchev–Trinajstić information content (AvgIpc) is 0.752. The lowest BCUT2D eigenvalue weighted by atomic mass is 9.94. The molecule has 6 aliphatic rings. The van der Waals surface area contributed by atoms with E-state index >= 15 is 4.79 Å². The van der Waals surface area contributed by atoms with E-state index in [1.807, 2.05) is 0 Å². The van der Waals surface area contributed by atoms with E-state index < -0.39 is 232 Å². The Morgan fingerprint density at radius 2 is 0.582 bits per heavy atom. The van der Waals surface area contributed by atoms with Gasteiger partial charge in [-0.1, -0.05) is 317 Å². The van der Waals surface area contributed by atoms with Crippen molar-refractivity contribution in [2.75, 3.05) is 6.61 Å². The number of aliphatic hydroxyl groups excluding tert-OH is 1. The first-order valence-corrected chi connectivity index (χ1v) is 55.1. The molecular formula is C108H184O33. The molecule has 6 saturated heterocycles. The van der Waals surface area contributed by atoms with E-state index in [9.17, 15) is 53.1 Å². The van der Waals surface area contributed by atoms with Gasteiger partial charge in [-0.25, -0.2) is 0 Å². The second-order valence-electron chi connectivity index (χ2n) is 40.1. The summed E-state index contributed by atoms with van der Waals surface area (Å²) in [7, 11) is 0. The highest BCUT2D eigenvalue weighted by molar-refractivity contribution is 5.72. The Balaban J connectivity index is 1.51. The Hall–Kier alpha value is -6.27. The summed E-state index contributed by atoms with van der Waals surface area (Å²) in [6, 6.07) is 0. The van der Waals surface area contributed by atoms with Gasteiger partial charge in [0.2, 0.25) is 0 Å². The van der Waals surface area contributed by atoms with Crippen LogP contribution in [0.25, 0.3) is 0 Å². The summed E-state index contributed by atoms with van der Waals surface area (Å²) in [5.41, 5.74) is 0. The van der Waals surface area contributed by atoms with Crippen molar-refractivity contribution < 1.29 is 157 Å². The van der Waals surface area contributed by atoms with Gasteiger partial charge < -0.3 is 105 Å². The maximum absolute atomic E-state index is 15.5. The summed E-state index contributed by atoms with van der Waals surface area (Å²) in [5.74, 6) is -9.27. The third-order valence-corrected chi connectivity index (χ3v) is 27.3. The maximum atomic E-state index is 15.5. The predicted octanol–water partition coefficient (Wildman–Crippen LogP) is 20.3. The Morgan fingerprint density at radius 3 is 1.02 bits per heavy atom. The van der Waals surface area contributed by atoms with Gasteiger partial charge in [-0.3, -0.25) is 52.7 Å². The summed E-state index contributed by atoms with van der Waals surface area (Å²) in [4.78, 5) is 154. The lowest BCUT2D eigenvalue weighted by Gasteiger charge is -2.52. The molecule has 0 bridgehead atoms. The molecule has 33 nitrogen and oxygen atoms in total. The molecule has 814 valence electrons. The standard InChI is InChI=1S/C108H184O33/c1-16-20-24-27-30-33-36-39-42-45-50-55-61-67-85(116)121-71-84-89(120)94(127-77(10)110)99(131-81(14)114)108(134-84)140-98-93(139-105-100(132-82(15)115)96(129-79(12)112)91(73(6)123-105)135-86(117)68-62-56-51-46-43-40-37-34-31-28-25-21-17-2)75(8)124-106(102(98)137-88(119)70-63-57-52-47-44-41-38-35-32-29-26-22-18-3)138-92-74(7)125-107-101(97(92)130-80(13)113)136-87(118)69-64-58-53-48-49-54-60-66-83(65-59-23-19-4)133-104-103(141-107)95(128-78(11)111)90(72(5)122-104)126-76(9)109/h72-75,83-84,89-108,120H,16-71H2,1-15H3/t72-,73+,74+,75-,83+,84-,89-,90+,91+,92+,93+,94+,95+,96-,97-,98-,99-,100-,101-,102-,103-,104+,105+,106+,107+,108+/m1/s1. The molecule has 6 heterocycles. The van der Waals surface area contributed by atoms with Gasteiger partial charge in [0.1, 0.15) is 37.1 Å². The second-order valence-corrected chi connectivity index (χ2v) is 40.1. The van der Waals surface area contributed by atoms with E-state index in [0.29, 0.717) is 51.4 Å². The Bertz CT molecular complexity index is 3510. The van der Waals surface area contributed by atoms with Gasteiger partial charge in [0.15, 0.2) is 98.6 Å². The van der Waals surface area contributed by atoms with Crippen LogP contribution in [0.3, 0.4) is 0 Å². The lowest BCUT2D eigenvalue weighted by Crippen LogP contribution is -2.69. The summed E-state index contributed by atoms with van der Waals surface area (Å²) >= 11 is 0. The van der Waals surface area contributed by atoms with Gasteiger partial charge in [-0.15, -0.1) is 0 Å². The summed E-state index contributed by atoms with van der Waals surface area (Å²) in [6.45, 7) is 21.9. The highest BCUT2D eigenvalue weighted by Gasteiger charge is 2.62. The largest absolute Gasteiger partial charge is 0.463 e. The van der Waals surface area contributed by atoms with E-state index in [2.05, 4.69) is 27.7 Å². The van der Waals surface area contributed by atoms with Crippen molar-refractivity contribution in [3.63, 3.8) is 0 Å². The number of carbonyl (C=O) groups excluding carboxylic acids is 11. The van der Waals surface area contributed by atoms with Gasteiger partial charge in [0, 0.05) is 74.1 Å². The zero-order valence-corrected chi connectivity index (χ0v) is 88.6. The number of rotatable bonds is 63. The molecule has 33 heteroatoms. The number of aliphatic hydroxyl groups is 1. The number of ether oxygens (including phenoxy) is 21. The van der Waals surface area contributed by atoms with Crippen molar-refractivity contribution >= 4 is 65.7 Å². The molecule has 6 aliphatic heterocycles. The van der Waals surface area contributed by atoms with Crippen LogP contribution in [0, 0.1) is 0 Å². The number of esters is 11. The molecule has 0 aromatic heterocycles. The fourth-order valence-corrected chi connectivity index (χ4v) is 19.8. The topological polar surface area (TPSA) is 402 Å². The van der Waals surface area contributed by atoms with E-state index in [1.54, 1.807) is 6.92 Å². The first-order chi connectivity index (χ1) is 67.9. The van der Waals surface area contributed by atoms with Gasteiger partial charge in [-0.05, 0) is 66.2 Å². The molecule has 6 rings (SSSR count). The Kier molecular flexibility index (Phi) is 62.4. The second kappa shape index (κ2) is 71.3. The molecule has 0 amide bonds. The predicted molar refractivity (Wildman–Crippen MR) is 522 cm³/mol. The van der Waals surface area contributed by atoms with E-state index in [0.717, 1.165) is 189 Å². The molecular weight excluding hydrogens is 1830 g/mol. The number of fused-ring (bicyclic) bond motifs is 2. The third-order valence-electron chi connectivity index (χ3n) is 27.3. The first kappa shape index (κ1) is 123. The van der Waals surface area contributed by atoms with Gasteiger partial charge in [0.25, 0.3) is 0 Å². The zero-order chi connectivity index (χ0) is 103. The summed E-state index contributed by atoms with van der Waals surface area (Å²) < 4.78 is 138. The van der Waals surface area contributed by atoms with E-state index in [4.69, 9.17) is 99.5 Å². The number of unbranched alkanes of at least 4 members (excludes halogenated alkanes) is 38. The van der Waals surface area contributed by atoms with Gasteiger partial charge >= 0.3 is 65.7 Å². The minimum atomic E-state index is -2.09. The number of hydrogen-bond donors (Lipinski definition) is 1. The third kappa shape index (κ3) is 47.6. The van der Waals surface area contributed by atoms with E-state index in [1.165, 1.54) is 157 Å². The molecule has 141 heavy (non-hydrogen) atoms. The highest BCUT2D eigenvalue weighted by atomic mass is 16.8. The lowest BCUT2D eigenvalue weighted by molar-refractivity contribution is -0.400. The van der Waals surface area contributed by atoms with E-state index in [-0.39, 0.29) is 25.7 Å². The SMILES string of the molecule is CCCCCCCCCCCCCCCC(=O)OC[C@H]1O[C@@H](O[C@@H]2[C@@H](O[C@@H]3O[C@@H](C)[C@H](OC(=O)CCCCCCCCCCCCCCC)[C@@H](OC(C)=O)[C@H]3OC(C)=O)[C@@H](C)O[C@@H](O[C@@H]3[C@@H](OC(C)=O)[C@H]4OC(=O)CCCCCCCCC[C@H](CCCCC)O[C@@H]5O[C@H](C)[C@H](OC(C)=O)[C@H](OC(C)=O)[C@H]5O[C@@H]4O[C@H]3C)[C@@H]2OC(=O)CCCCCCCCCCCCCCC)[C@H](OC(C)=O)[C@@H](OC(C)=O)[C@@H]1O. The quantitative estimate of drug-likeness (QED) is 0.0336. The molecule has 0 aliphatic carbocycles. The van der Waals surface area contributed by atoms with Gasteiger partial charge in [-0.2, -0.15) is 0 Å². The van der Waals surface area contributed by atoms with Crippen LogP contribution >= 0.6 is 0 Å². The van der Waals surface area contributed by atoms with Crippen molar-refractivity contribution in [2.24, 2.45) is 0 Å². The molecule has 0 spiro atoms. The molecule has 0 aromatic carbocycles. The molecule has 0 saturated carbocycles. The average molecular weight is 2010 g/mol. The normalized spacial score (nSPS) is 29.6.